The second kappa shape index (κ2) is 4.44. The van der Waals surface area contributed by atoms with Crippen LogP contribution in [0.3, 0.4) is 0 Å². The van der Waals surface area contributed by atoms with Crippen LogP contribution >= 0.6 is 0 Å². The normalized spacial score (nSPS) is 13.8. The second-order valence-electron chi connectivity index (χ2n) is 6.17. The Morgan fingerprint density at radius 1 is 1.20 bits per heavy atom. The van der Waals surface area contributed by atoms with Crippen molar-refractivity contribution >= 4 is 5.82 Å². The number of anilines is 1. The van der Waals surface area contributed by atoms with E-state index in [2.05, 4.69) is 25.9 Å². The molecule has 2 heterocycles. The molecule has 20 heavy (non-hydrogen) atoms. The zero-order valence-corrected chi connectivity index (χ0v) is 11.9. The number of fused-ring (bicyclic) bond motifs is 1. The molecular weight excluding hydrogens is 256 g/mol. The zero-order chi connectivity index (χ0) is 14.3. The van der Waals surface area contributed by atoms with Gasteiger partial charge in [0.05, 0.1) is 5.56 Å². The predicted molar refractivity (Wildman–Crippen MR) is 75.6 cm³/mol. The molecule has 0 fully saturated rings. The highest BCUT2D eigenvalue weighted by atomic mass is 16.7. The summed E-state index contributed by atoms with van der Waals surface area (Å²) in [6.07, 6.45) is 0.765. The maximum atomic E-state index is 5.96. The van der Waals surface area contributed by atoms with E-state index >= 15 is 0 Å². The van der Waals surface area contributed by atoms with Crippen LogP contribution < -0.4 is 15.2 Å². The summed E-state index contributed by atoms with van der Waals surface area (Å²) >= 11 is 0. The van der Waals surface area contributed by atoms with E-state index in [9.17, 15) is 0 Å². The van der Waals surface area contributed by atoms with E-state index in [0.717, 1.165) is 34.8 Å². The Labute approximate surface area is 117 Å². The lowest BCUT2D eigenvalue weighted by Crippen LogP contribution is -2.09. The van der Waals surface area contributed by atoms with Gasteiger partial charge in [0.25, 0.3) is 0 Å². The smallest absolute Gasteiger partial charge is 0.231 e. The lowest BCUT2D eigenvalue weighted by molar-refractivity contribution is 0.174. The van der Waals surface area contributed by atoms with Crippen molar-refractivity contribution in [2.24, 2.45) is 5.41 Å². The highest BCUT2D eigenvalue weighted by molar-refractivity contribution is 5.77. The molecule has 106 valence electrons. The molecule has 2 aromatic rings. The van der Waals surface area contributed by atoms with E-state index in [1.165, 1.54) is 0 Å². The maximum Gasteiger partial charge on any atom is 0.231 e. The predicted octanol–water partition coefficient (Wildman–Crippen LogP) is 3.24. The molecule has 0 bridgehead atoms. The summed E-state index contributed by atoms with van der Waals surface area (Å²) < 4.78 is 16.1. The molecule has 0 saturated heterocycles. The number of benzene rings is 1. The van der Waals surface area contributed by atoms with Crippen molar-refractivity contribution in [2.75, 3.05) is 12.5 Å². The Kier molecular flexibility index (Phi) is 2.85. The summed E-state index contributed by atoms with van der Waals surface area (Å²) in [4.78, 5) is 0. The molecule has 0 amide bonds. The Hall–Kier alpha value is -2.17. The van der Waals surface area contributed by atoms with Crippen LogP contribution in [0, 0.1) is 5.41 Å². The summed E-state index contributed by atoms with van der Waals surface area (Å²) in [6, 6.07) is 5.74. The highest BCUT2D eigenvalue weighted by Crippen LogP contribution is 2.39. The minimum Gasteiger partial charge on any atom is -0.454 e. The largest absolute Gasteiger partial charge is 0.454 e. The van der Waals surface area contributed by atoms with Gasteiger partial charge in [0.2, 0.25) is 6.79 Å². The monoisotopic (exact) mass is 274 g/mol. The van der Waals surface area contributed by atoms with E-state index < -0.39 is 0 Å². The van der Waals surface area contributed by atoms with Gasteiger partial charge in [-0.15, -0.1) is 0 Å². The Morgan fingerprint density at radius 2 is 1.95 bits per heavy atom. The fraction of sp³-hybridized carbons (Fsp3) is 0.400. The molecule has 5 nitrogen and oxygen atoms in total. The summed E-state index contributed by atoms with van der Waals surface area (Å²) in [5.41, 5.74) is 7.84. The molecule has 1 aromatic carbocycles. The average molecular weight is 274 g/mol. The standard InChI is InChI=1S/C15H18N2O3/c1-15(2,3)7-12-13(14(16)17-20-12)9-4-5-10-11(6-9)19-8-18-10/h4-6H,7-8H2,1-3H3,(H2,16,17). The molecule has 1 aromatic heterocycles. The summed E-state index contributed by atoms with van der Waals surface area (Å²) in [5, 5.41) is 3.90. The minimum absolute atomic E-state index is 0.0943. The molecule has 0 saturated carbocycles. The summed E-state index contributed by atoms with van der Waals surface area (Å²) in [5.74, 6) is 2.68. The zero-order valence-electron chi connectivity index (χ0n) is 11.9. The topological polar surface area (TPSA) is 70.5 Å². The fourth-order valence-electron chi connectivity index (χ4n) is 2.30. The third-order valence-electron chi connectivity index (χ3n) is 3.14. The van der Waals surface area contributed by atoms with Crippen molar-refractivity contribution in [2.45, 2.75) is 27.2 Å². The van der Waals surface area contributed by atoms with Crippen LogP contribution in [0.1, 0.15) is 26.5 Å². The average Bonchev–Trinajstić information content (AvgIpc) is 2.93. The van der Waals surface area contributed by atoms with Crippen molar-refractivity contribution in [1.82, 2.24) is 5.16 Å². The van der Waals surface area contributed by atoms with Gasteiger partial charge in [0.1, 0.15) is 5.76 Å². The molecular formula is C15H18N2O3. The van der Waals surface area contributed by atoms with Crippen LogP contribution in [0.25, 0.3) is 11.1 Å². The number of aromatic nitrogens is 1. The van der Waals surface area contributed by atoms with E-state index in [1.54, 1.807) is 0 Å². The van der Waals surface area contributed by atoms with E-state index in [1.807, 2.05) is 18.2 Å². The lowest BCUT2D eigenvalue weighted by Gasteiger charge is -2.16. The first kappa shape index (κ1) is 12.8. The van der Waals surface area contributed by atoms with Gasteiger partial charge in [-0.05, 0) is 23.1 Å². The van der Waals surface area contributed by atoms with Crippen molar-refractivity contribution < 1.29 is 14.0 Å². The van der Waals surface area contributed by atoms with Gasteiger partial charge in [-0.1, -0.05) is 32.0 Å². The quantitative estimate of drug-likeness (QED) is 0.910. The third-order valence-corrected chi connectivity index (χ3v) is 3.14. The molecule has 5 heteroatoms. The highest BCUT2D eigenvalue weighted by Gasteiger charge is 2.23. The molecule has 0 atom stereocenters. The van der Waals surface area contributed by atoms with Crippen LogP contribution in [-0.4, -0.2) is 11.9 Å². The Morgan fingerprint density at radius 3 is 2.70 bits per heavy atom. The van der Waals surface area contributed by atoms with Gasteiger partial charge in [-0.25, -0.2) is 0 Å². The number of ether oxygens (including phenoxy) is 2. The van der Waals surface area contributed by atoms with Crippen molar-refractivity contribution in [3.05, 3.63) is 24.0 Å². The summed E-state index contributed by atoms with van der Waals surface area (Å²) in [6.45, 7) is 6.70. The molecule has 0 radical (unpaired) electrons. The molecule has 0 aliphatic carbocycles. The lowest BCUT2D eigenvalue weighted by atomic mass is 9.88. The molecule has 1 aliphatic rings. The van der Waals surface area contributed by atoms with E-state index in [-0.39, 0.29) is 12.2 Å². The Bertz CT molecular complexity index is 641. The number of hydrogen-bond donors (Lipinski definition) is 1. The number of nitrogen functional groups attached to an aromatic ring is 1. The molecule has 1 aliphatic heterocycles. The third kappa shape index (κ3) is 2.31. The van der Waals surface area contributed by atoms with Gasteiger partial charge >= 0.3 is 0 Å². The minimum atomic E-state index is 0.0943. The number of nitrogens with zero attached hydrogens (tertiary/aromatic N) is 1. The van der Waals surface area contributed by atoms with Gasteiger partial charge in [-0.2, -0.15) is 0 Å². The van der Waals surface area contributed by atoms with Crippen LogP contribution in [0.4, 0.5) is 5.82 Å². The molecule has 0 spiro atoms. The fourth-order valence-corrected chi connectivity index (χ4v) is 2.30. The van der Waals surface area contributed by atoms with Crippen LogP contribution in [0.2, 0.25) is 0 Å². The number of hydrogen-bond acceptors (Lipinski definition) is 5. The van der Waals surface area contributed by atoms with Crippen LogP contribution in [-0.2, 0) is 6.42 Å². The van der Waals surface area contributed by atoms with Gasteiger partial charge < -0.3 is 19.7 Å². The van der Waals surface area contributed by atoms with Crippen molar-refractivity contribution in [1.29, 1.82) is 0 Å². The molecule has 0 unspecified atom stereocenters. The first-order valence-corrected chi connectivity index (χ1v) is 6.58. The van der Waals surface area contributed by atoms with Crippen molar-refractivity contribution in [3.8, 4) is 22.6 Å². The van der Waals surface area contributed by atoms with Crippen LogP contribution in [0.5, 0.6) is 11.5 Å². The molecule has 3 rings (SSSR count). The Balaban J connectivity index is 2.03. The van der Waals surface area contributed by atoms with Gasteiger partial charge in [0, 0.05) is 6.42 Å². The van der Waals surface area contributed by atoms with Crippen LogP contribution in [0.15, 0.2) is 22.7 Å². The van der Waals surface area contributed by atoms with Crippen molar-refractivity contribution in [3.63, 3.8) is 0 Å². The maximum absolute atomic E-state index is 5.96. The van der Waals surface area contributed by atoms with E-state index in [4.69, 9.17) is 19.7 Å². The first-order valence-electron chi connectivity index (χ1n) is 6.58. The van der Waals surface area contributed by atoms with E-state index in [0.29, 0.717) is 5.82 Å². The number of nitrogens with two attached hydrogens (primary N) is 1. The van der Waals surface area contributed by atoms with Gasteiger partial charge in [0.15, 0.2) is 17.3 Å². The second-order valence-corrected chi connectivity index (χ2v) is 6.17. The molecule has 2 N–H and O–H groups in total. The SMILES string of the molecule is CC(C)(C)Cc1onc(N)c1-c1ccc2c(c1)OCO2. The van der Waals surface area contributed by atoms with Gasteiger partial charge in [-0.3, -0.25) is 0 Å². The summed E-state index contributed by atoms with van der Waals surface area (Å²) in [7, 11) is 0. The number of rotatable bonds is 2. The first-order chi connectivity index (χ1) is 9.44.